The number of anilines is 1. The zero-order valence-corrected chi connectivity index (χ0v) is 10.8. The summed E-state index contributed by atoms with van der Waals surface area (Å²) < 4.78 is 6.70. The molecule has 0 aliphatic heterocycles. The van der Waals surface area contributed by atoms with Gasteiger partial charge in [0, 0.05) is 0 Å². The van der Waals surface area contributed by atoms with E-state index < -0.39 is 0 Å². The van der Waals surface area contributed by atoms with Gasteiger partial charge < -0.3 is 10.5 Å². The highest BCUT2D eigenvalue weighted by molar-refractivity contribution is 5.69. The lowest BCUT2D eigenvalue weighted by molar-refractivity contribution is -0.144. The number of aryl methyl sites for hydroxylation is 1. The molecule has 0 aromatic carbocycles. The fourth-order valence-corrected chi connectivity index (χ4v) is 1.57. The molecular formula is C12H21N3O2. The van der Waals surface area contributed by atoms with E-state index >= 15 is 0 Å². The van der Waals surface area contributed by atoms with Crippen LogP contribution in [0.2, 0.25) is 0 Å². The number of hydrogen-bond acceptors (Lipinski definition) is 4. The molecule has 0 amide bonds. The van der Waals surface area contributed by atoms with Crippen molar-refractivity contribution in [2.45, 2.75) is 46.6 Å². The smallest absolute Gasteiger partial charge is 0.327 e. The molecule has 0 unspecified atom stereocenters. The summed E-state index contributed by atoms with van der Waals surface area (Å²) >= 11 is 0. The lowest BCUT2D eigenvalue weighted by atomic mass is 10.3. The largest absolute Gasteiger partial charge is 0.464 e. The summed E-state index contributed by atoms with van der Waals surface area (Å²) in [6.07, 6.45) is 3.12. The van der Waals surface area contributed by atoms with Crippen LogP contribution >= 0.6 is 0 Å². The van der Waals surface area contributed by atoms with Crippen LogP contribution in [0.1, 0.15) is 37.6 Å². The molecule has 1 aromatic rings. The fourth-order valence-electron chi connectivity index (χ4n) is 1.57. The van der Waals surface area contributed by atoms with Crippen LogP contribution in [-0.4, -0.2) is 22.4 Å². The molecule has 0 saturated heterocycles. The third-order valence-corrected chi connectivity index (χ3v) is 2.73. The Morgan fingerprint density at radius 3 is 2.65 bits per heavy atom. The minimum Gasteiger partial charge on any atom is -0.464 e. The van der Waals surface area contributed by atoms with Crippen LogP contribution in [-0.2, 0) is 16.1 Å². The van der Waals surface area contributed by atoms with E-state index in [0.29, 0.717) is 12.3 Å². The number of hydrogen-bond donors (Lipinski definition) is 1. The van der Waals surface area contributed by atoms with Gasteiger partial charge >= 0.3 is 5.97 Å². The Hall–Kier alpha value is -1.52. The van der Waals surface area contributed by atoms with Crippen LogP contribution in [0.3, 0.4) is 0 Å². The molecule has 5 nitrogen and oxygen atoms in total. The molecule has 2 N–H and O–H groups in total. The standard InChI is InChI=1S/C12H21N3O2/c1-4-5-6-7-17-11(16)8-15-10(3)12(13)9(2)14-15/h4-8,13H2,1-3H3. The highest BCUT2D eigenvalue weighted by Gasteiger charge is 2.11. The number of carbonyl (C=O) groups is 1. The SMILES string of the molecule is CCCCCOC(=O)Cn1nc(C)c(N)c1C. The molecule has 0 atom stereocenters. The molecule has 0 aliphatic carbocycles. The minimum absolute atomic E-state index is 0.135. The number of nitrogens with zero attached hydrogens (tertiary/aromatic N) is 2. The molecule has 96 valence electrons. The Labute approximate surface area is 102 Å². The zero-order chi connectivity index (χ0) is 12.8. The van der Waals surface area contributed by atoms with Gasteiger partial charge in [-0.3, -0.25) is 9.48 Å². The summed E-state index contributed by atoms with van der Waals surface area (Å²) in [6, 6.07) is 0. The molecule has 0 bridgehead atoms. The van der Waals surface area contributed by atoms with Crippen LogP contribution in [0.25, 0.3) is 0 Å². The summed E-state index contributed by atoms with van der Waals surface area (Å²) in [7, 11) is 0. The molecule has 0 fully saturated rings. The quantitative estimate of drug-likeness (QED) is 0.607. The number of nitrogens with two attached hydrogens (primary N) is 1. The topological polar surface area (TPSA) is 70.1 Å². The van der Waals surface area contributed by atoms with Gasteiger partial charge in [-0.1, -0.05) is 19.8 Å². The first-order valence-corrected chi connectivity index (χ1v) is 6.01. The molecule has 1 rings (SSSR count). The first-order chi connectivity index (χ1) is 8.06. The van der Waals surface area contributed by atoms with Gasteiger partial charge in [0.05, 0.1) is 23.7 Å². The van der Waals surface area contributed by atoms with Crippen molar-refractivity contribution < 1.29 is 9.53 Å². The first-order valence-electron chi connectivity index (χ1n) is 6.01. The van der Waals surface area contributed by atoms with Crippen molar-refractivity contribution in [3.05, 3.63) is 11.4 Å². The molecule has 5 heteroatoms. The second-order valence-corrected chi connectivity index (χ2v) is 4.17. The van der Waals surface area contributed by atoms with Crippen LogP contribution in [0.5, 0.6) is 0 Å². The second-order valence-electron chi connectivity index (χ2n) is 4.17. The van der Waals surface area contributed by atoms with Crippen molar-refractivity contribution in [2.24, 2.45) is 0 Å². The average molecular weight is 239 g/mol. The number of rotatable bonds is 6. The van der Waals surface area contributed by atoms with Crippen molar-refractivity contribution in [3.63, 3.8) is 0 Å². The summed E-state index contributed by atoms with van der Waals surface area (Å²) in [4.78, 5) is 11.5. The number of ether oxygens (including phenoxy) is 1. The van der Waals surface area contributed by atoms with Crippen molar-refractivity contribution in [2.75, 3.05) is 12.3 Å². The maximum Gasteiger partial charge on any atom is 0.327 e. The summed E-state index contributed by atoms with van der Waals surface area (Å²) in [5.41, 5.74) is 7.99. The molecule has 0 radical (unpaired) electrons. The third-order valence-electron chi connectivity index (χ3n) is 2.73. The van der Waals surface area contributed by atoms with Crippen molar-refractivity contribution in [1.82, 2.24) is 9.78 Å². The molecule has 0 spiro atoms. The van der Waals surface area contributed by atoms with Crippen molar-refractivity contribution in [3.8, 4) is 0 Å². The van der Waals surface area contributed by atoms with E-state index in [0.717, 1.165) is 30.7 Å². The van der Waals surface area contributed by atoms with E-state index in [1.807, 2.05) is 13.8 Å². The van der Waals surface area contributed by atoms with Gasteiger partial charge in [-0.25, -0.2) is 0 Å². The van der Waals surface area contributed by atoms with Crippen molar-refractivity contribution in [1.29, 1.82) is 0 Å². The van der Waals surface area contributed by atoms with Gasteiger partial charge in [0.15, 0.2) is 0 Å². The Morgan fingerprint density at radius 2 is 2.12 bits per heavy atom. The van der Waals surface area contributed by atoms with Crippen LogP contribution in [0.15, 0.2) is 0 Å². The van der Waals surface area contributed by atoms with Gasteiger partial charge in [0.1, 0.15) is 6.54 Å². The Bertz CT molecular complexity index is 385. The minimum atomic E-state index is -0.258. The lowest BCUT2D eigenvalue weighted by Gasteiger charge is -2.05. The van der Waals surface area contributed by atoms with Crippen LogP contribution < -0.4 is 5.73 Å². The average Bonchev–Trinajstić information content (AvgIpc) is 2.53. The number of esters is 1. The molecule has 1 aromatic heterocycles. The van der Waals surface area contributed by atoms with Crippen molar-refractivity contribution >= 4 is 11.7 Å². The van der Waals surface area contributed by atoms with Gasteiger partial charge in [0.2, 0.25) is 0 Å². The predicted molar refractivity (Wildman–Crippen MR) is 66.6 cm³/mol. The Balaban J connectivity index is 2.42. The van der Waals surface area contributed by atoms with Gasteiger partial charge in [-0.15, -0.1) is 0 Å². The lowest BCUT2D eigenvalue weighted by Crippen LogP contribution is -2.16. The fraction of sp³-hybridized carbons (Fsp3) is 0.667. The highest BCUT2D eigenvalue weighted by atomic mass is 16.5. The van der Waals surface area contributed by atoms with Gasteiger partial charge in [-0.05, 0) is 20.3 Å². The summed E-state index contributed by atoms with van der Waals surface area (Å²) in [6.45, 7) is 6.41. The Kier molecular flexibility index (Phi) is 5.00. The summed E-state index contributed by atoms with van der Waals surface area (Å²) in [5, 5.41) is 4.18. The van der Waals surface area contributed by atoms with Gasteiger partial charge in [0.25, 0.3) is 0 Å². The highest BCUT2D eigenvalue weighted by Crippen LogP contribution is 2.14. The molecular weight excluding hydrogens is 218 g/mol. The molecule has 0 saturated carbocycles. The molecule has 17 heavy (non-hydrogen) atoms. The van der Waals surface area contributed by atoms with Gasteiger partial charge in [-0.2, -0.15) is 5.10 Å². The van der Waals surface area contributed by atoms with E-state index in [9.17, 15) is 4.79 Å². The number of unbranched alkanes of at least 4 members (excludes halogenated alkanes) is 2. The number of aromatic nitrogens is 2. The van der Waals surface area contributed by atoms with Crippen LogP contribution in [0.4, 0.5) is 5.69 Å². The second kappa shape index (κ2) is 6.27. The monoisotopic (exact) mass is 239 g/mol. The van der Waals surface area contributed by atoms with E-state index in [-0.39, 0.29) is 12.5 Å². The number of carbonyl (C=O) groups excluding carboxylic acids is 1. The maximum atomic E-state index is 11.5. The van der Waals surface area contributed by atoms with E-state index in [4.69, 9.17) is 10.5 Å². The molecule has 0 aliphatic rings. The zero-order valence-electron chi connectivity index (χ0n) is 10.8. The number of nitrogen functional groups attached to an aromatic ring is 1. The van der Waals surface area contributed by atoms with E-state index in [1.165, 1.54) is 0 Å². The Morgan fingerprint density at radius 1 is 1.41 bits per heavy atom. The normalized spacial score (nSPS) is 10.5. The predicted octanol–water partition coefficient (Wildman–Crippen LogP) is 1.82. The van der Waals surface area contributed by atoms with E-state index in [1.54, 1.807) is 4.68 Å². The van der Waals surface area contributed by atoms with E-state index in [2.05, 4.69) is 12.0 Å². The van der Waals surface area contributed by atoms with Crippen LogP contribution in [0, 0.1) is 13.8 Å². The molecule has 1 heterocycles. The summed E-state index contributed by atoms with van der Waals surface area (Å²) in [5.74, 6) is -0.258. The first kappa shape index (κ1) is 13.5. The third kappa shape index (κ3) is 3.76. The maximum absolute atomic E-state index is 11.5.